The lowest BCUT2D eigenvalue weighted by molar-refractivity contribution is -0.141. The van der Waals surface area contributed by atoms with Crippen LogP contribution in [0.3, 0.4) is 0 Å². The number of fused-ring (bicyclic) bond motifs is 1. The summed E-state index contributed by atoms with van der Waals surface area (Å²) in [6.45, 7) is 9.01. The van der Waals surface area contributed by atoms with Crippen LogP contribution in [0.5, 0.6) is 11.5 Å². The van der Waals surface area contributed by atoms with Crippen LogP contribution in [0.1, 0.15) is 45.2 Å². The van der Waals surface area contributed by atoms with Gasteiger partial charge in [0.25, 0.3) is 0 Å². The Morgan fingerprint density at radius 3 is 2.31 bits per heavy atom. The first-order chi connectivity index (χ1) is 15.1. The zero-order valence-electron chi connectivity index (χ0n) is 19.1. The fourth-order valence-corrected chi connectivity index (χ4v) is 3.75. The van der Waals surface area contributed by atoms with Crippen molar-refractivity contribution in [2.45, 2.75) is 58.7 Å². The van der Waals surface area contributed by atoms with Crippen LogP contribution in [0.25, 0.3) is 0 Å². The molecule has 1 atom stereocenters. The van der Waals surface area contributed by atoms with E-state index < -0.39 is 6.04 Å². The van der Waals surface area contributed by atoms with Crippen molar-refractivity contribution in [3.8, 4) is 11.5 Å². The van der Waals surface area contributed by atoms with Crippen LogP contribution >= 0.6 is 15.9 Å². The molecule has 0 unspecified atom stereocenters. The molecule has 0 fully saturated rings. The zero-order valence-corrected chi connectivity index (χ0v) is 20.7. The molecule has 0 radical (unpaired) electrons. The van der Waals surface area contributed by atoms with Gasteiger partial charge in [0.1, 0.15) is 19.3 Å². The average molecular weight is 503 g/mol. The van der Waals surface area contributed by atoms with Gasteiger partial charge in [-0.1, -0.05) is 34.1 Å². The van der Waals surface area contributed by atoms with Crippen LogP contribution in [0.4, 0.5) is 0 Å². The molecule has 0 spiro atoms. The molecule has 2 aromatic rings. The Bertz CT molecular complexity index is 953. The standard InChI is InChI=1S/C25H31BrN2O4/c1-17(24(30)27-25(2,3)4)28(16-19-5-9-20(26)10-6-19)23(29)12-8-18-7-11-21-22(15-18)32-14-13-31-21/h5-7,9-11,15,17H,8,12-14,16H2,1-4H3,(H,27,30)/t17-/m1/s1. The first-order valence-corrected chi connectivity index (χ1v) is 11.7. The van der Waals surface area contributed by atoms with Crippen LogP contribution in [-0.4, -0.2) is 41.5 Å². The lowest BCUT2D eigenvalue weighted by Gasteiger charge is -2.31. The summed E-state index contributed by atoms with van der Waals surface area (Å²) in [6, 6.07) is 13.0. The lowest BCUT2D eigenvalue weighted by Crippen LogP contribution is -2.52. The summed E-state index contributed by atoms with van der Waals surface area (Å²) in [7, 11) is 0. The zero-order chi connectivity index (χ0) is 23.3. The number of benzene rings is 2. The lowest BCUT2D eigenvalue weighted by atomic mass is 10.1. The third-order valence-corrected chi connectivity index (χ3v) is 5.69. The molecule has 1 aliphatic rings. The molecule has 3 rings (SSSR count). The number of nitrogens with one attached hydrogen (secondary N) is 1. The topological polar surface area (TPSA) is 67.9 Å². The molecule has 2 aromatic carbocycles. The van der Waals surface area contributed by atoms with E-state index in [1.807, 2.05) is 63.2 Å². The molecule has 0 bridgehead atoms. The third-order valence-electron chi connectivity index (χ3n) is 5.17. The van der Waals surface area contributed by atoms with Gasteiger partial charge in [-0.05, 0) is 69.5 Å². The number of halogens is 1. The highest BCUT2D eigenvalue weighted by Crippen LogP contribution is 2.31. The summed E-state index contributed by atoms with van der Waals surface area (Å²) in [4.78, 5) is 27.8. The predicted octanol–water partition coefficient (Wildman–Crippen LogP) is 4.48. The van der Waals surface area contributed by atoms with E-state index >= 15 is 0 Å². The van der Waals surface area contributed by atoms with Gasteiger partial charge in [0.05, 0.1) is 0 Å². The summed E-state index contributed by atoms with van der Waals surface area (Å²) < 4.78 is 12.2. The molecule has 172 valence electrons. The van der Waals surface area contributed by atoms with Crippen molar-refractivity contribution in [3.63, 3.8) is 0 Å². The van der Waals surface area contributed by atoms with E-state index in [2.05, 4.69) is 21.2 Å². The van der Waals surface area contributed by atoms with Crippen molar-refractivity contribution < 1.29 is 19.1 Å². The maximum atomic E-state index is 13.3. The second-order valence-corrected chi connectivity index (χ2v) is 9.96. The second kappa shape index (κ2) is 10.4. The van der Waals surface area contributed by atoms with Gasteiger partial charge in [-0.25, -0.2) is 0 Å². The number of rotatable bonds is 7. The molecule has 0 aromatic heterocycles. The van der Waals surface area contributed by atoms with Gasteiger partial charge in [-0.15, -0.1) is 0 Å². The van der Waals surface area contributed by atoms with E-state index in [1.165, 1.54) is 0 Å². The number of amides is 2. The molecule has 2 amide bonds. The predicted molar refractivity (Wildman–Crippen MR) is 128 cm³/mol. The number of nitrogens with zero attached hydrogens (tertiary/aromatic N) is 1. The quantitative estimate of drug-likeness (QED) is 0.605. The summed E-state index contributed by atoms with van der Waals surface area (Å²) in [5.41, 5.74) is 1.59. The molecular formula is C25H31BrN2O4. The molecule has 6 nitrogen and oxygen atoms in total. The van der Waals surface area contributed by atoms with Gasteiger partial charge in [0.2, 0.25) is 11.8 Å². The average Bonchev–Trinajstić information content (AvgIpc) is 2.75. The van der Waals surface area contributed by atoms with Gasteiger partial charge in [-0.3, -0.25) is 9.59 Å². The number of hydrogen-bond donors (Lipinski definition) is 1. The number of carbonyl (C=O) groups is 2. The smallest absolute Gasteiger partial charge is 0.242 e. The number of aryl methyl sites for hydroxylation is 1. The summed E-state index contributed by atoms with van der Waals surface area (Å²) in [5, 5.41) is 2.99. The van der Waals surface area contributed by atoms with Crippen molar-refractivity contribution in [2.24, 2.45) is 0 Å². The summed E-state index contributed by atoms with van der Waals surface area (Å²) >= 11 is 3.44. The minimum Gasteiger partial charge on any atom is -0.486 e. The minimum absolute atomic E-state index is 0.0700. The van der Waals surface area contributed by atoms with E-state index in [-0.39, 0.29) is 17.4 Å². The van der Waals surface area contributed by atoms with Crippen molar-refractivity contribution in [3.05, 3.63) is 58.1 Å². The Balaban J connectivity index is 1.73. The first kappa shape index (κ1) is 24.1. The first-order valence-electron chi connectivity index (χ1n) is 10.9. The van der Waals surface area contributed by atoms with Crippen LogP contribution in [0.15, 0.2) is 46.9 Å². The van der Waals surface area contributed by atoms with Crippen LogP contribution in [0, 0.1) is 0 Å². The van der Waals surface area contributed by atoms with Crippen molar-refractivity contribution in [1.29, 1.82) is 0 Å². The number of carbonyl (C=O) groups excluding carboxylic acids is 2. The maximum Gasteiger partial charge on any atom is 0.242 e. The Morgan fingerprint density at radius 2 is 1.66 bits per heavy atom. The fraction of sp³-hybridized carbons (Fsp3) is 0.440. The van der Waals surface area contributed by atoms with Crippen molar-refractivity contribution in [1.82, 2.24) is 10.2 Å². The highest BCUT2D eigenvalue weighted by molar-refractivity contribution is 9.10. The van der Waals surface area contributed by atoms with E-state index in [4.69, 9.17) is 9.47 Å². The molecule has 0 saturated heterocycles. The minimum atomic E-state index is -0.592. The van der Waals surface area contributed by atoms with Crippen LogP contribution in [0.2, 0.25) is 0 Å². The molecule has 0 saturated carbocycles. The number of hydrogen-bond acceptors (Lipinski definition) is 4. The maximum absolute atomic E-state index is 13.3. The van der Waals surface area contributed by atoms with E-state index in [0.717, 1.165) is 21.3 Å². The van der Waals surface area contributed by atoms with Crippen LogP contribution in [-0.2, 0) is 22.6 Å². The van der Waals surface area contributed by atoms with Crippen molar-refractivity contribution in [2.75, 3.05) is 13.2 Å². The van der Waals surface area contributed by atoms with E-state index in [1.54, 1.807) is 11.8 Å². The second-order valence-electron chi connectivity index (χ2n) is 9.04. The van der Waals surface area contributed by atoms with E-state index in [0.29, 0.717) is 38.3 Å². The van der Waals surface area contributed by atoms with Gasteiger partial charge < -0.3 is 19.7 Å². The Labute approximate surface area is 198 Å². The molecule has 1 heterocycles. The fourth-order valence-electron chi connectivity index (χ4n) is 3.48. The molecule has 1 N–H and O–H groups in total. The van der Waals surface area contributed by atoms with E-state index in [9.17, 15) is 9.59 Å². The normalized spacial score (nSPS) is 13.9. The molecule has 0 aliphatic carbocycles. The highest BCUT2D eigenvalue weighted by atomic mass is 79.9. The molecule has 7 heteroatoms. The Kier molecular flexibility index (Phi) is 7.82. The Morgan fingerprint density at radius 1 is 1.03 bits per heavy atom. The van der Waals surface area contributed by atoms with Gasteiger partial charge in [-0.2, -0.15) is 0 Å². The SMILES string of the molecule is C[C@H](C(=O)NC(C)(C)C)N(Cc1ccc(Br)cc1)C(=O)CCc1ccc2c(c1)OCCO2. The van der Waals surface area contributed by atoms with Gasteiger partial charge >= 0.3 is 0 Å². The molecule has 1 aliphatic heterocycles. The van der Waals surface area contributed by atoms with Gasteiger partial charge in [0, 0.05) is 23.0 Å². The molecular weight excluding hydrogens is 472 g/mol. The van der Waals surface area contributed by atoms with Crippen LogP contribution < -0.4 is 14.8 Å². The Hall–Kier alpha value is -2.54. The molecule has 32 heavy (non-hydrogen) atoms. The monoisotopic (exact) mass is 502 g/mol. The van der Waals surface area contributed by atoms with Gasteiger partial charge in [0.15, 0.2) is 11.5 Å². The third kappa shape index (κ3) is 6.73. The summed E-state index contributed by atoms with van der Waals surface area (Å²) in [6.07, 6.45) is 0.850. The summed E-state index contributed by atoms with van der Waals surface area (Å²) in [5.74, 6) is 1.21. The highest BCUT2D eigenvalue weighted by Gasteiger charge is 2.28. The largest absolute Gasteiger partial charge is 0.486 e. The number of ether oxygens (including phenoxy) is 2. The van der Waals surface area contributed by atoms with Crippen molar-refractivity contribution >= 4 is 27.7 Å².